The summed E-state index contributed by atoms with van der Waals surface area (Å²) in [4.78, 5) is 36.4. The molecule has 0 bridgehead atoms. The molecular weight excluding hydrogens is 478 g/mol. The van der Waals surface area contributed by atoms with Gasteiger partial charge in [-0.3, -0.25) is 24.7 Å². The lowest BCUT2D eigenvalue weighted by Crippen LogP contribution is -2.43. The Labute approximate surface area is 200 Å². The van der Waals surface area contributed by atoms with Gasteiger partial charge in [-0.2, -0.15) is 0 Å². The van der Waals surface area contributed by atoms with Gasteiger partial charge in [0.25, 0.3) is 21.8 Å². The molecule has 0 unspecified atom stereocenters. The van der Waals surface area contributed by atoms with Gasteiger partial charge in [0.05, 0.1) is 27.6 Å². The molecule has 0 saturated carbocycles. The molecular formula is C23H21N3O6S2. The Morgan fingerprint density at radius 1 is 1.00 bits per heavy atom. The van der Waals surface area contributed by atoms with Crippen molar-refractivity contribution in [2.45, 2.75) is 4.90 Å². The molecule has 176 valence electrons. The molecule has 9 nitrogen and oxygen atoms in total. The Morgan fingerprint density at radius 2 is 1.76 bits per heavy atom. The molecule has 0 radical (unpaired) electrons. The fraction of sp³-hybridized carbons (Fsp3) is 0.0870. The summed E-state index contributed by atoms with van der Waals surface area (Å²) in [5.41, 5.74) is 4.73. The van der Waals surface area contributed by atoms with Crippen LogP contribution in [0.2, 0.25) is 0 Å². The van der Waals surface area contributed by atoms with Gasteiger partial charge in [0, 0.05) is 0 Å². The van der Waals surface area contributed by atoms with E-state index in [9.17, 15) is 22.8 Å². The third-order valence-electron chi connectivity index (χ3n) is 4.39. The number of hydrazine groups is 1. The molecule has 0 aliphatic rings. The molecule has 3 rings (SSSR count). The first-order valence-corrected chi connectivity index (χ1v) is 12.2. The lowest BCUT2D eigenvalue weighted by atomic mass is 10.2. The fourth-order valence-electron chi connectivity index (χ4n) is 2.81. The van der Waals surface area contributed by atoms with Gasteiger partial charge in [0.2, 0.25) is 0 Å². The van der Waals surface area contributed by atoms with Crippen molar-refractivity contribution in [2.75, 3.05) is 17.5 Å². The van der Waals surface area contributed by atoms with Crippen LogP contribution in [0.3, 0.4) is 0 Å². The summed E-state index contributed by atoms with van der Waals surface area (Å²) in [6, 6.07) is 17.1. The smallest absolute Gasteiger partial charge is 0.338 e. The predicted octanol–water partition coefficient (Wildman–Crippen LogP) is 2.75. The summed E-state index contributed by atoms with van der Waals surface area (Å²) in [6.45, 7) is 2.97. The molecule has 1 heterocycles. The van der Waals surface area contributed by atoms with E-state index in [1.54, 1.807) is 47.8 Å². The largest absolute Gasteiger partial charge is 0.452 e. The highest BCUT2D eigenvalue weighted by Crippen LogP contribution is 2.24. The van der Waals surface area contributed by atoms with Gasteiger partial charge >= 0.3 is 5.97 Å². The third kappa shape index (κ3) is 6.09. The molecule has 11 heteroatoms. The van der Waals surface area contributed by atoms with Gasteiger partial charge in [0.1, 0.15) is 0 Å². The highest BCUT2D eigenvalue weighted by molar-refractivity contribution is 7.92. The van der Waals surface area contributed by atoms with Crippen molar-refractivity contribution >= 4 is 44.8 Å². The molecule has 34 heavy (non-hydrogen) atoms. The highest BCUT2D eigenvalue weighted by Gasteiger charge is 2.25. The van der Waals surface area contributed by atoms with Gasteiger partial charge in [-0.15, -0.1) is 17.9 Å². The minimum atomic E-state index is -4.01. The van der Waals surface area contributed by atoms with Crippen LogP contribution in [-0.2, 0) is 19.6 Å². The molecule has 0 fully saturated rings. The number of ether oxygens (including phenoxy) is 1. The minimum Gasteiger partial charge on any atom is -0.452 e. The van der Waals surface area contributed by atoms with Crippen molar-refractivity contribution in [1.29, 1.82) is 0 Å². The van der Waals surface area contributed by atoms with Crippen LogP contribution in [-0.4, -0.2) is 39.4 Å². The number of hydrogen-bond acceptors (Lipinski definition) is 7. The second-order valence-corrected chi connectivity index (χ2v) is 9.55. The quantitative estimate of drug-likeness (QED) is 0.265. The second-order valence-electron chi connectivity index (χ2n) is 6.74. The van der Waals surface area contributed by atoms with Crippen LogP contribution in [0.25, 0.3) is 0 Å². The molecule has 2 aromatic carbocycles. The Hall–Kier alpha value is -3.96. The van der Waals surface area contributed by atoms with E-state index in [0.717, 1.165) is 4.31 Å². The van der Waals surface area contributed by atoms with Crippen LogP contribution in [0.1, 0.15) is 20.0 Å². The topological polar surface area (TPSA) is 122 Å². The fourth-order valence-corrected chi connectivity index (χ4v) is 4.91. The first kappa shape index (κ1) is 24.7. The van der Waals surface area contributed by atoms with Crippen molar-refractivity contribution in [3.8, 4) is 0 Å². The first-order chi connectivity index (χ1) is 16.3. The third-order valence-corrected chi connectivity index (χ3v) is 7.05. The van der Waals surface area contributed by atoms with E-state index in [1.165, 1.54) is 41.7 Å². The zero-order valence-electron chi connectivity index (χ0n) is 17.8. The summed E-state index contributed by atoms with van der Waals surface area (Å²) in [5.74, 6) is -2.16. The average Bonchev–Trinajstić information content (AvgIpc) is 3.40. The normalized spacial score (nSPS) is 10.7. The second kappa shape index (κ2) is 11.3. The number of carbonyl (C=O) groups excluding carboxylic acids is 3. The highest BCUT2D eigenvalue weighted by atomic mass is 32.2. The van der Waals surface area contributed by atoms with E-state index in [0.29, 0.717) is 10.6 Å². The van der Waals surface area contributed by atoms with Crippen molar-refractivity contribution in [2.24, 2.45) is 0 Å². The van der Waals surface area contributed by atoms with Gasteiger partial charge < -0.3 is 4.74 Å². The van der Waals surface area contributed by atoms with E-state index in [1.807, 2.05) is 0 Å². The Balaban J connectivity index is 1.65. The van der Waals surface area contributed by atoms with Gasteiger partial charge in [-0.25, -0.2) is 13.2 Å². The van der Waals surface area contributed by atoms with Crippen molar-refractivity contribution in [1.82, 2.24) is 10.9 Å². The number of sulfonamides is 1. The lowest BCUT2D eigenvalue weighted by molar-refractivity contribution is -0.125. The Kier molecular flexibility index (Phi) is 8.17. The van der Waals surface area contributed by atoms with Crippen LogP contribution in [0.4, 0.5) is 5.69 Å². The van der Waals surface area contributed by atoms with E-state index >= 15 is 0 Å². The van der Waals surface area contributed by atoms with E-state index in [2.05, 4.69) is 17.4 Å². The number of carbonyl (C=O) groups is 3. The van der Waals surface area contributed by atoms with Crippen LogP contribution < -0.4 is 15.2 Å². The van der Waals surface area contributed by atoms with Crippen molar-refractivity contribution < 1.29 is 27.5 Å². The standard InChI is InChI=1S/C23H21N3O6S2/c1-2-13-26(18-9-4-3-5-10-18)34(30,31)19-11-6-8-17(15-19)23(29)32-16-21(27)24-25-22(28)20-12-7-14-33-20/h2-12,14-15H,1,13,16H2,(H,24,27)(H,25,28). The molecule has 0 spiro atoms. The van der Waals surface area contributed by atoms with Crippen LogP contribution in [0.5, 0.6) is 0 Å². The van der Waals surface area contributed by atoms with Crippen LogP contribution >= 0.6 is 11.3 Å². The van der Waals surface area contributed by atoms with Crippen LogP contribution in [0, 0.1) is 0 Å². The predicted molar refractivity (Wildman–Crippen MR) is 128 cm³/mol. The molecule has 1 aromatic heterocycles. The maximum atomic E-state index is 13.2. The molecule has 0 aliphatic heterocycles. The number of amides is 2. The number of rotatable bonds is 9. The molecule has 0 aliphatic carbocycles. The number of anilines is 1. The maximum absolute atomic E-state index is 13.2. The summed E-state index contributed by atoms with van der Waals surface area (Å²) in [6.07, 6.45) is 1.46. The van der Waals surface area contributed by atoms with E-state index in [4.69, 9.17) is 4.74 Å². The number of para-hydroxylation sites is 1. The SMILES string of the molecule is C=CCN(c1ccccc1)S(=O)(=O)c1cccc(C(=O)OCC(=O)NNC(=O)c2cccs2)c1. The lowest BCUT2D eigenvalue weighted by Gasteiger charge is -2.23. The maximum Gasteiger partial charge on any atom is 0.338 e. The number of thiophene rings is 1. The Bertz CT molecular complexity index is 1280. The zero-order valence-corrected chi connectivity index (χ0v) is 19.5. The number of hydrogen-bond donors (Lipinski definition) is 2. The molecule has 2 amide bonds. The van der Waals surface area contributed by atoms with E-state index in [-0.39, 0.29) is 17.0 Å². The van der Waals surface area contributed by atoms with E-state index < -0.39 is 34.4 Å². The van der Waals surface area contributed by atoms with Gasteiger partial charge in [0.15, 0.2) is 6.61 Å². The van der Waals surface area contributed by atoms with Gasteiger partial charge in [-0.05, 0) is 41.8 Å². The summed E-state index contributed by atoms with van der Waals surface area (Å²) >= 11 is 1.20. The number of nitrogens with zero attached hydrogens (tertiary/aromatic N) is 1. The van der Waals surface area contributed by atoms with Crippen molar-refractivity contribution in [3.63, 3.8) is 0 Å². The summed E-state index contributed by atoms with van der Waals surface area (Å²) in [7, 11) is -4.01. The Morgan fingerprint density at radius 3 is 2.44 bits per heavy atom. The summed E-state index contributed by atoms with van der Waals surface area (Å²) in [5, 5.41) is 1.71. The zero-order chi connectivity index (χ0) is 24.6. The first-order valence-electron chi connectivity index (χ1n) is 9.91. The number of nitrogens with one attached hydrogen (secondary N) is 2. The average molecular weight is 500 g/mol. The molecule has 0 saturated heterocycles. The molecule has 0 atom stereocenters. The van der Waals surface area contributed by atoms with Crippen LogP contribution in [0.15, 0.2) is 89.7 Å². The number of esters is 1. The summed E-state index contributed by atoms with van der Waals surface area (Å²) < 4.78 is 32.6. The van der Waals surface area contributed by atoms with Crippen molar-refractivity contribution in [3.05, 3.63) is 95.2 Å². The molecule has 2 N–H and O–H groups in total. The number of benzene rings is 2. The molecule has 3 aromatic rings. The van der Waals surface area contributed by atoms with Gasteiger partial charge in [-0.1, -0.05) is 36.4 Å². The monoisotopic (exact) mass is 499 g/mol. The minimum absolute atomic E-state index is 0.0262.